The first-order valence-corrected chi connectivity index (χ1v) is 9.98. The van der Waals surface area contributed by atoms with E-state index in [1.54, 1.807) is 54.6 Å². The van der Waals surface area contributed by atoms with Crippen molar-refractivity contribution < 1.29 is 27.6 Å². The highest BCUT2D eigenvalue weighted by Gasteiger charge is 2.55. The van der Waals surface area contributed by atoms with Crippen LogP contribution in [0.2, 0.25) is 5.02 Å². The maximum Gasteiger partial charge on any atom is 0.363 e. The van der Waals surface area contributed by atoms with Gasteiger partial charge in [0.15, 0.2) is 5.78 Å². The van der Waals surface area contributed by atoms with E-state index in [4.69, 9.17) is 16.5 Å². The van der Waals surface area contributed by atoms with Gasteiger partial charge in [0.25, 0.3) is 0 Å². The molecule has 3 atom stereocenters. The van der Waals surface area contributed by atoms with Crippen molar-refractivity contribution >= 4 is 31.3 Å². The van der Waals surface area contributed by atoms with Gasteiger partial charge in [-0.3, -0.25) is 9.36 Å². The Labute approximate surface area is 165 Å². The van der Waals surface area contributed by atoms with Gasteiger partial charge in [0.1, 0.15) is 0 Å². The molecule has 1 aliphatic carbocycles. The maximum absolute atomic E-state index is 14.4. The molecule has 0 radical (unpaired) electrons. The number of anilines is 1. The van der Waals surface area contributed by atoms with Crippen molar-refractivity contribution in [3.05, 3.63) is 77.3 Å². The average Bonchev–Trinajstić information content (AvgIpc) is 2.93. The SMILES string of the molecule is O=C1C=C[C@@H](Nc2ccccc2Cl)[C@@]1(CC(F)(F)O[PH](=O)O)c1ccccc1. The summed E-state index contributed by atoms with van der Waals surface area (Å²) in [4.78, 5) is 21.7. The van der Waals surface area contributed by atoms with Gasteiger partial charge in [0, 0.05) is 0 Å². The third-order valence-corrected chi connectivity index (χ3v) is 5.41. The maximum atomic E-state index is 14.4. The van der Waals surface area contributed by atoms with Gasteiger partial charge in [-0.15, -0.1) is 0 Å². The average molecular weight is 428 g/mol. The minimum absolute atomic E-state index is 0.329. The summed E-state index contributed by atoms with van der Waals surface area (Å²) in [5.74, 6) is -0.566. The second kappa shape index (κ2) is 8.13. The Kier molecular flexibility index (Phi) is 6.01. The molecule has 28 heavy (non-hydrogen) atoms. The molecule has 3 rings (SSSR count). The number of carbonyl (C=O) groups excluding carboxylic acids is 1. The largest absolute Gasteiger partial charge is 0.376 e. The molecule has 0 aromatic heterocycles. The molecule has 1 unspecified atom stereocenters. The minimum atomic E-state index is -4.00. The van der Waals surface area contributed by atoms with Crippen molar-refractivity contribution in [2.75, 3.05) is 5.32 Å². The van der Waals surface area contributed by atoms with Gasteiger partial charge in [-0.25, -0.2) is 4.52 Å². The summed E-state index contributed by atoms with van der Waals surface area (Å²) < 4.78 is 43.7. The highest BCUT2D eigenvalue weighted by atomic mass is 35.5. The molecule has 0 aliphatic heterocycles. The van der Waals surface area contributed by atoms with Gasteiger partial charge < -0.3 is 10.2 Å². The van der Waals surface area contributed by atoms with Crippen molar-refractivity contribution in [3.63, 3.8) is 0 Å². The molecule has 0 fully saturated rings. The molecular formula is C19H17ClF2NO4P. The fraction of sp³-hybridized carbons (Fsp3) is 0.211. The molecule has 0 saturated carbocycles. The molecule has 2 N–H and O–H groups in total. The summed E-state index contributed by atoms with van der Waals surface area (Å²) in [7, 11) is -3.91. The number of allylic oxidation sites excluding steroid dienone is 1. The van der Waals surface area contributed by atoms with E-state index in [0.717, 1.165) is 0 Å². The molecular weight excluding hydrogens is 411 g/mol. The van der Waals surface area contributed by atoms with Crippen LogP contribution in [0, 0.1) is 0 Å². The molecule has 2 aromatic carbocycles. The first-order valence-electron chi connectivity index (χ1n) is 8.33. The molecule has 0 heterocycles. The van der Waals surface area contributed by atoms with Crippen LogP contribution in [0.1, 0.15) is 12.0 Å². The van der Waals surface area contributed by atoms with E-state index in [0.29, 0.717) is 16.3 Å². The van der Waals surface area contributed by atoms with Crippen LogP contribution in [0.5, 0.6) is 0 Å². The van der Waals surface area contributed by atoms with Gasteiger partial charge in [-0.05, 0) is 23.8 Å². The van der Waals surface area contributed by atoms with E-state index in [1.165, 1.54) is 12.2 Å². The van der Waals surface area contributed by atoms with Gasteiger partial charge in [0.05, 0.1) is 28.6 Å². The fourth-order valence-corrected chi connectivity index (χ4v) is 3.93. The molecule has 148 valence electrons. The normalized spacial score (nSPS) is 23.0. The fourth-order valence-electron chi connectivity index (χ4n) is 3.41. The van der Waals surface area contributed by atoms with Crippen LogP contribution in [0.25, 0.3) is 0 Å². The Bertz CT molecular complexity index is 925. The first kappa shape index (κ1) is 20.7. The molecule has 9 heteroatoms. The summed E-state index contributed by atoms with van der Waals surface area (Å²) in [6.45, 7) is 0. The number of para-hydroxylation sites is 1. The second-order valence-corrected chi connectivity index (χ2v) is 7.49. The summed E-state index contributed by atoms with van der Waals surface area (Å²) in [5, 5.41) is 3.41. The number of benzene rings is 2. The Morgan fingerprint density at radius 1 is 1.18 bits per heavy atom. The minimum Gasteiger partial charge on any atom is -0.376 e. The Balaban J connectivity index is 2.07. The van der Waals surface area contributed by atoms with E-state index in [9.17, 15) is 18.1 Å². The zero-order valence-corrected chi connectivity index (χ0v) is 16.2. The van der Waals surface area contributed by atoms with Crippen molar-refractivity contribution in [2.45, 2.75) is 24.0 Å². The van der Waals surface area contributed by atoms with Crippen LogP contribution in [0.15, 0.2) is 66.7 Å². The zero-order chi connectivity index (χ0) is 20.4. The molecule has 0 spiro atoms. The lowest BCUT2D eigenvalue weighted by atomic mass is 9.71. The number of halogens is 3. The summed E-state index contributed by atoms with van der Waals surface area (Å²) in [5.41, 5.74) is -0.953. The zero-order valence-electron chi connectivity index (χ0n) is 14.4. The number of hydrogen-bond acceptors (Lipinski definition) is 4. The molecule has 5 nitrogen and oxygen atoms in total. The van der Waals surface area contributed by atoms with Gasteiger partial charge in [0.2, 0.25) is 0 Å². The predicted molar refractivity (Wildman–Crippen MR) is 103 cm³/mol. The van der Waals surface area contributed by atoms with Crippen molar-refractivity contribution in [2.24, 2.45) is 0 Å². The molecule has 2 aromatic rings. The molecule has 0 bridgehead atoms. The van der Waals surface area contributed by atoms with Gasteiger partial charge >= 0.3 is 14.4 Å². The Hall–Kier alpha value is -2.05. The van der Waals surface area contributed by atoms with Crippen LogP contribution in [-0.2, 0) is 19.3 Å². The van der Waals surface area contributed by atoms with Crippen LogP contribution in [-0.4, -0.2) is 22.8 Å². The Morgan fingerprint density at radius 3 is 2.46 bits per heavy atom. The summed E-state index contributed by atoms with van der Waals surface area (Å²) >= 11 is 6.17. The number of rotatable bonds is 7. The standard InChI is InChI=1S/C19H17ClF2NO4P/c20-14-8-4-5-9-15(14)23-16-10-11-17(24)18(16,13-6-2-1-3-7-13)12-19(21,22)27-28(25)26/h1-11,16,23,28H,12H2,(H,25,26)/t16-,18-/m1/s1. The lowest BCUT2D eigenvalue weighted by Crippen LogP contribution is -2.49. The lowest BCUT2D eigenvalue weighted by molar-refractivity contribution is -0.193. The van der Waals surface area contributed by atoms with Crippen molar-refractivity contribution in [1.82, 2.24) is 0 Å². The first-order chi connectivity index (χ1) is 13.2. The van der Waals surface area contributed by atoms with Crippen LogP contribution >= 0.6 is 19.9 Å². The topological polar surface area (TPSA) is 75.6 Å². The molecule has 0 saturated heterocycles. The summed E-state index contributed by atoms with van der Waals surface area (Å²) in [6.07, 6.45) is -2.41. The Morgan fingerprint density at radius 2 is 1.82 bits per heavy atom. The van der Waals surface area contributed by atoms with Crippen molar-refractivity contribution in [1.29, 1.82) is 0 Å². The van der Waals surface area contributed by atoms with Crippen LogP contribution < -0.4 is 5.32 Å². The number of hydrogen-bond donors (Lipinski definition) is 2. The number of alkyl halides is 2. The van der Waals surface area contributed by atoms with E-state index < -0.39 is 38.0 Å². The monoisotopic (exact) mass is 427 g/mol. The summed E-state index contributed by atoms with van der Waals surface area (Å²) in [6, 6.07) is 13.9. The molecule has 1 aliphatic rings. The third kappa shape index (κ3) is 4.18. The van der Waals surface area contributed by atoms with Gasteiger partial charge in [-0.1, -0.05) is 60.1 Å². The van der Waals surface area contributed by atoms with E-state index in [2.05, 4.69) is 9.84 Å². The highest BCUT2D eigenvalue weighted by molar-refractivity contribution is 7.32. The number of ketones is 1. The van der Waals surface area contributed by atoms with E-state index in [1.807, 2.05) is 0 Å². The highest BCUT2D eigenvalue weighted by Crippen LogP contribution is 2.46. The number of carbonyl (C=O) groups is 1. The van der Waals surface area contributed by atoms with Crippen LogP contribution in [0.3, 0.4) is 0 Å². The second-order valence-electron chi connectivity index (χ2n) is 6.34. The van der Waals surface area contributed by atoms with Crippen LogP contribution in [0.4, 0.5) is 14.5 Å². The van der Waals surface area contributed by atoms with E-state index in [-0.39, 0.29) is 0 Å². The third-order valence-electron chi connectivity index (χ3n) is 4.61. The van der Waals surface area contributed by atoms with E-state index >= 15 is 0 Å². The van der Waals surface area contributed by atoms with Crippen molar-refractivity contribution in [3.8, 4) is 0 Å². The lowest BCUT2D eigenvalue weighted by Gasteiger charge is -2.37. The predicted octanol–water partition coefficient (Wildman–Crippen LogP) is 4.58. The quantitative estimate of drug-likeness (QED) is 0.633. The number of nitrogens with one attached hydrogen (secondary N) is 1. The molecule has 0 amide bonds. The van der Waals surface area contributed by atoms with Gasteiger partial charge in [-0.2, -0.15) is 8.78 Å². The smallest absolute Gasteiger partial charge is 0.363 e.